The molecule has 36 heavy (non-hydrogen) atoms. The van der Waals surface area contributed by atoms with Gasteiger partial charge in [-0.3, -0.25) is 9.69 Å². The third-order valence-corrected chi connectivity index (χ3v) is 8.74. The lowest BCUT2D eigenvalue weighted by atomic mass is 10.1. The quantitative estimate of drug-likeness (QED) is 0.220. The van der Waals surface area contributed by atoms with Gasteiger partial charge in [0.25, 0.3) is 5.91 Å². The molecule has 0 fully saturated rings. The number of carbonyl (C=O) groups is 1. The monoisotopic (exact) mass is 514 g/mol. The number of nitrogens with zero attached hydrogens (tertiary/aromatic N) is 4. The molecule has 0 radical (unpaired) electrons. The van der Waals surface area contributed by atoms with Crippen LogP contribution in [-0.4, -0.2) is 47.0 Å². The van der Waals surface area contributed by atoms with Crippen LogP contribution in [0.2, 0.25) is 0 Å². The van der Waals surface area contributed by atoms with Gasteiger partial charge in [-0.05, 0) is 67.7 Å². The molecule has 0 N–H and O–H groups in total. The molecule has 7 heteroatoms. The van der Waals surface area contributed by atoms with Gasteiger partial charge in [0.05, 0.1) is 31.9 Å². The summed E-state index contributed by atoms with van der Waals surface area (Å²) in [5.74, 6) is -0.0352. The molecule has 0 aliphatic rings. The van der Waals surface area contributed by atoms with Gasteiger partial charge in [0.1, 0.15) is 0 Å². The number of fused-ring (bicyclic) bond motifs is 2. The van der Waals surface area contributed by atoms with Gasteiger partial charge in [-0.15, -0.1) is 11.3 Å². The van der Waals surface area contributed by atoms with Crippen LogP contribution in [0, 0.1) is 13.8 Å². The van der Waals surface area contributed by atoms with E-state index < -0.39 is 0 Å². The van der Waals surface area contributed by atoms with Crippen molar-refractivity contribution >= 4 is 54.8 Å². The third kappa shape index (κ3) is 4.66. The van der Waals surface area contributed by atoms with Crippen molar-refractivity contribution in [3.63, 3.8) is 0 Å². The fourth-order valence-electron chi connectivity index (χ4n) is 4.44. The maximum atomic E-state index is 14.3. The molecule has 1 amide bonds. The number of benzene rings is 2. The zero-order valence-electron chi connectivity index (χ0n) is 21.1. The van der Waals surface area contributed by atoms with Crippen molar-refractivity contribution in [2.24, 2.45) is 0 Å². The van der Waals surface area contributed by atoms with Crippen LogP contribution in [0.15, 0.2) is 60.0 Å². The molecule has 2 aromatic carbocycles. The number of aromatic nitrogens is 2. The molecule has 0 spiro atoms. The van der Waals surface area contributed by atoms with Crippen molar-refractivity contribution in [1.82, 2.24) is 14.9 Å². The average molecular weight is 515 g/mol. The van der Waals surface area contributed by atoms with Crippen LogP contribution in [0.1, 0.15) is 35.3 Å². The summed E-state index contributed by atoms with van der Waals surface area (Å²) >= 11 is 3.22. The van der Waals surface area contributed by atoms with Gasteiger partial charge < -0.3 is 4.90 Å². The lowest BCUT2D eigenvalue weighted by molar-refractivity contribution is 0.0985. The molecule has 3 heterocycles. The number of likely N-dealkylation sites (N-methyl/N-ethyl adjacent to an activating group) is 1. The summed E-state index contributed by atoms with van der Waals surface area (Å²) in [5, 5.41) is 3.65. The summed E-state index contributed by atoms with van der Waals surface area (Å²) < 4.78 is 1.10. The second-order valence-electron chi connectivity index (χ2n) is 8.88. The third-order valence-electron chi connectivity index (χ3n) is 6.80. The molecule has 5 aromatic rings. The van der Waals surface area contributed by atoms with E-state index in [1.165, 1.54) is 11.1 Å². The first-order valence-electron chi connectivity index (χ1n) is 12.3. The molecule has 0 bridgehead atoms. The van der Waals surface area contributed by atoms with Crippen LogP contribution in [0.25, 0.3) is 31.7 Å². The van der Waals surface area contributed by atoms with Crippen molar-refractivity contribution in [3.8, 4) is 10.6 Å². The van der Waals surface area contributed by atoms with Crippen LogP contribution < -0.4 is 4.90 Å². The number of rotatable bonds is 8. The Labute approximate surface area is 220 Å². The molecular weight excluding hydrogens is 484 g/mol. The largest absolute Gasteiger partial charge is 0.302 e. The van der Waals surface area contributed by atoms with Crippen molar-refractivity contribution in [2.75, 3.05) is 31.1 Å². The topological polar surface area (TPSA) is 49.3 Å². The summed E-state index contributed by atoms with van der Waals surface area (Å²) in [7, 11) is 0. The van der Waals surface area contributed by atoms with E-state index in [1.807, 2.05) is 52.7 Å². The van der Waals surface area contributed by atoms with Crippen molar-refractivity contribution in [2.45, 2.75) is 27.7 Å². The molecule has 0 saturated heterocycles. The van der Waals surface area contributed by atoms with Crippen LogP contribution in [-0.2, 0) is 0 Å². The number of hydrogen-bond donors (Lipinski definition) is 0. The smallest absolute Gasteiger partial charge is 0.260 e. The number of anilines is 1. The zero-order chi connectivity index (χ0) is 25.2. The van der Waals surface area contributed by atoms with E-state index in [2.05, 4.69) is 44.7 Å². The number of carbonyl (C=O) groups excluding carboxylic acids is 1. The summed E-state index contributed by atoms with van der Waals surface area (Å²) in [6.45, 7) is 11.8. The SMILES string of the molecule is CCN(CC)CCN(C(=O)c1cc(-c2cccs2)nc2ccccc12)c1nc2c(C)c(C)ccc2s1. The first-order chi connectivity index (χ1) is 17.5. The minimum Gasteiger partial charge on any atom is -0.302 e. The molecule has 0 unspecified atom stereocenters. The second kappa shape index (κ2) is 10.5. The van der Waals surface area contributed by atoms with Crippen LogP contribution in [0.3, 0.4) is 0 Å². The highest BCUT2D eigenvalue weighted by Gasteiger charge is 2.25. The Morgan fingerprint density at radius 1 is 0.944 bits per heavy atom. The standard InChI is InChI=1S/C29H30N4OS2/c1-5-32(6-2)15-16-33(29-31-27-20(4)19(3)13-14-26(27)36-29)28(34)22-18-24(25-12-9-17-35-25)30-23-11-8-7-10-21(22)23/h7-14,17-18H,5-6,15-16H2,1-4H3. The Morgan fingerprint density at radius 2 is 1.75 bits per heavy atom. The van der Waals surface area contributed by atoms with E-state index in [-0.39, 0.29) is 5.91 Å². The molecule has 184 valence electrons. The Morgan fingerprint density at radius 3 is 2.50 bits per heavy atom. The summed E-state index contributed by atoms with van der Waals surface area (Å²) in [6, 6.07) is 18.2. The van der Waals surface area contributed by atoms with Crippen LogP contribution >= 0.6 is 22.7 Å². The highest BCUT2D eigenvalue weighted by molar-refractivity contribution is 7.22. The molecule has 0 aliphatic carbocycles. The summed E-state index contributed by atoms with van der Waals surface area (Å²) in [6.07, 6.45) is 0. The lowest BCUT2D eigenvalue weighted by Crippen LogP contribution is -2.39. The number of thiophene rings is 1. The highest BCUT2D eigenvalue weighted by atomic mass is 32.1. The number of thiazole rings is 1. The maximum Gasteiger partial charge on any atom is 0.260 e. The zero-order valence-corrected chi connectivity index (χ0v) is 22.7. The second-order valence-corrected chi connectivity index (χ2v) is 10.8. The minimum absolute atomic E-state index is 0.0352. The van der Waals surface area contributed by atoms with Crippen LogP contribution in [0.4, 0.5) is 5.13 Å². The first-order valence-corrected chi connectivity index (χ1v) is 14.0. The normalized spacial score (nSPS) is 11.6. The molecule has 3 aromatic heterocycles. The maximum absolute atomic E-state index is 14.3. The molecule has 0 saturated carbocycles. The Bertz CT molecular complexity index is 1520. The van der Waals surface area contributed by atoms with E-state index in [0.717, 1.165) is 56.5 Å². The van der Waals surface area contributed by atoms with Gasteiger partial charge in [-0.25, -0.2) is 9.97 Å². The number of pyridine rings is 1. The van der Waals surface area contributed by atoms with Crippen molar-refractivity contribution < 1.29 is 4.79 Å². The van der Waals surface area contributed by atoms with Gasteiger partial charge in [0.15, 0.2) is 5.13 Å². The Kier molecular flexibility index (Phi) is 7.14. The van der Waals surface area contributed by atoms with E-state index in [0.29, 0.717) is 12.1 Å². The minimum atomic E-state index is -0.0352. The first kappa shape index (κ1) is 24.6. The average Bonchev–Trinajstić information content (AvgIpc) is 3.59. The van der Waals surface area contributed by atoms with Gasteiger partial charge in [0, 0.05) is 18.5 Å². The fraction of sp³-hybridized carbons (Fsp3) is 0.276. The summed E-state index contributed by atoms with van der Waals surface area (Å²) in [4.78, 5) is 29.5. The van der Waals surface area contributed by atoms with Crippen LogP contribution in [0.5, 0.6) is 0 Å². The predicted molar refractivity (Wildman–Crippen MR) is 154 cm³/mol. The predicted octanol–water partition coefficient (Wildman–Crippen LogP) is 7.18. The van der Waals surface area contributed by atoms with Crippen molar-refractivity contribution in [1.29, 1.82) is 0 Å². The molecular formula is C29H30N4OS2. The van der Waals surface area contributed by atoms with E-state index in [1.54, 1.807) is 22.7 Å². The van der Waals surface area contributed by atoms with Gasteiger partial charge in [-0.1, -0.05) is 55.5 Å². The van der Waals surface area contributed by atoms with Gasteiger partial charge in [-0.2, -0.15) is 0 Å². The number of aryl methyl sites for hydroxylation is 2. The Balaban J connectivity index is 1.64. The van der Waals surface area contributed by atoms with E-state index >= 15 is 0 Å². The lowest BCUT2D eigenvalue weighted by Gasteiger charge is -2.25. The highest BCUT2D eigenvalue weighted by Crippen LogP contribution is 2.34. The van der Waals surface area contributed by atoms with Gasteiger partial charge >= 0.3 is 0 Å². The Hall–Kier alpha value is -3.13. The number of amides is 1. The fourth-order valence-corrected chi connectivity index (χ4v) is 6.18. The van der Waals surface area contributed by atoms with E-state index in [4.69, 9.17) is 9.97 Å². The molecule has 5 rings (SSSR count). The number of para-hydroxylation sites is 1. The van der Waals surface area contributed by atoms with Gasteiger partial charge in [0.2, 0.25) is 0 Å². The molecule has 0 atom stereocenters. The van der Waals surface area contributed by atoms with E-state index in [9.17, 15) is 4.79 Å². The number of hydrogen-bond acceptors (Lipinski definition) is 6. The molecule has 5 nitrogen and oxygen atoms in total. The van der Waals surface area contributed by atoms with Crippen molar-refractivity contribution in [3.05, 3.63) is 76.7 Å². The molecule has 0 aliphatic heterocycles. The summed E-state index contributed by atoms with van der Waals surface area (Å²) in [5.41, 5.74) is 5.67.